The molecule has 1 unspecified atom stereocenters. The number of anilines is 1. The summed E-state index contributed by atoms with van der Waals surface area (Å²) in [6.07, 6.45) is 5.62. The molecule has 0 spiro atoms. The minimum atomic E-state index is -0.0695. The zero-order valence-electron chi connectivity index (χ0n) is 17.5. The minimum Gasteiger partial charge on any atom is -0.373 e. The van der Waals surface area contributed by atoms with Crippen LogP contribution in [0.3, 0.4) is 0 Å². The topological polar surface area (TPSA) is 89.2 Å². The van der Waals surface area contributed by atoms with Gasteiger partial charge in [0.2, 0.25) is 0 Å². The molecule has 1 aliphatic rings. The number of nitrogens with one attached hydrogen (secondary N) is 1. The minimum absolute atomic E-state index is 0.0252. The Bertz CT molecular complexity index is 1320. The SMILES string of the molecule is NCC1CN(c2cnc3[nH]cc(-c4ccn(Cc5cccc(Cl)c5)c(=O)c4)c3c2)CCO1. The van der Waals surface area contributed by atoms with Gasteiger partial charge in [-0.3, -0.25) is 4.79 Å². The van der Waals surface area contributed by atoms with Gasteiger partial charge in [-0.1, -0.05) is 23.7 Å². The number of H-pyrrole nitrogens is 1. The number of nitrogens with zero attached hydrogens (tertiary/aromatic N) is 3. The van der Waals surface area contributed by atoms with Crippen molar-refractivity contribution in [2.24, 2.45) is 5.73 Å². The molecule has 1 atom stereocenters. The van der Waals surface area contributed by atoms with Crippen LogP contribution in [-0.2, 0) is 11.3 Å². The molecule has 0 aliphatic carbocycles. The highest BCUT2D eigenvalue weighted by Gasteiger charge is 2.20. The third-order valence-electron chi connectivity index (χ3n) is 5.83. The third kappa shape index (κ3) is 4.14. The molecule has 1 saturated heterocycles. The summed E-state index contributed by atoms with van der Waals surface area (Å²) < 4.78 is 7.36. The van der Waals surface area contributed by atoms with E-state index in [0.717, 1.165) is 46.5 Å². The molecule has 4 heterocycles. The first-order valence-corrected chi connectivity index (χ1v) is 11.0. The lowest BCUT2D eigenvalue weighted by molar-refractivity contribution is 0.0465. The van der Waals surface area contributed by atoms with Crippen LogP contribution in [-0.4, -0.2) is 46.9 Å². The Morgan fingerprint density at radius 3 is 2.97 bits per heavy atom. The van der Waals surface area contributed by atoms with Gasteiger partial charge in [0.1, 0.15) is 5.65 Å². The van der Waals surface area contributed by atoms with Crippen molar-refractivity contribution < 1.29 is 4.74 Å². The van der Waals surface area contributed by atoms with Gasteiger partial charge < -0.3 is 24.9 Å². The number of fused-ring (bicyclic) bond motifs is 1. The van der Waals surface area contributed by atoms with E-state index in [0.29, 0.717) is 24.7 Å². The lowest BCUT2D eigenvalue weighted by Gasteiger charge is -2.33. The van der Waals surface area contributed by atoms with Crippen molar-refractivity contribution in [1.82, 2.24) is 14.5 Å². The van der Waals surface area contributed by atoms with Crippen molar-refractivity contribution in [2.45, 2.75) is 12.6 Å². The molecule has 8 heteroatoms. The largest absolute Gasteiger partial charge is 0.373 e. The summed E-state index contributed by atoms with van der Waals surface area (Å²) in [6, 6.07) is 13.3. The monoisotopic (exact) mass is 449 g/mol. The van der Waals surface area contributed by atoms with E-state index in [1.54, 1.807) is 10.6 Å². The van der Waals surface area contributed by atoms with Gasteiger partial charge in [-0.2, -0.15) is 0 Å². The highest BCUT2D eigenvalue weighted by molar-refractivity contribution is 6.30. The second kappa shape index (κ2) is 8.78. The number of rotatable bonds is 5. The van der Waals surface area contributed by atoms with Gasteiger partial charge in [-0.05, 0) is 35.4 Å². The van der Waals surface area contributed by atoms with Crippen LogP contribution in [0.2, 0.25) is 5.02 Å². The van der Waals surface area contributed by atoms with Gasteiger partial charge in [0.25, 0.3) is 5.56 Å². The maximum atomic E-state index is 12.8. The Labute approximate surface area is 190 Å². The van der Waals surface area contributed by atoms with Gasteiger partial charge in [0, 0.05) is 54.1 Å². The second-order valence-corrected chi connectivity index (χ2v) is 8.41. The molecule has 32 heavy (non-hydrogen) atoms. The summed E-state index contributed by atoms with van der Waals surface area (Å²) in [5, 5.41) is 1.64. The van der Waals surface area contributed by atoms with Crippen molar-refractivity contribution in [3.8, 4) is 11.1 Å². The highest BCUT2D eigenvalue weighted by Crippen LogP contribution is 2.30. The summed E-state index contributed by atoms with van der Waals surface area (Å²) in [7, 11) is 0. The number of pyridine rings is 2. The van der Waals surface area contributed by atoms with E-state index in [4.69, 9.17) is 22.1 Å². The van der Waals surface area contributed by atoms with E-state index in [2.05, 4.69) is 20.9 Å². The average Bonchev–Trinajstić information content (AvgIpc) is 3.24. The predicted molar refractivity (Wildman–Crippen MR) is 127 cm³/mol. The highest BCUT2D eigenvalue weighted by atomic mass is 35.5. The lowest BCUT2D eigenvalue weighted by atomic mass is 10.1. The van der Waals surface area contributed by atoms with Gasteiger partial charge in [-0.15, -0.1) is 0 Å². The molecular formula is C24H24ClN5O2. The number of hydrogen-bond donors (Lipinski definition) is 2. The fourth-order valence-corrected chi connectivity index (χ4v) is 4.35. The zero-order chi connectivity index (χ0) is 22.1. The van der Waals surface area contributed by atoms with Crippen LogP contribution in [0.4, 0.5) is 5.69 Å². The lowest BCUT2D eigenvalue weighted by Crippen LogP contribution is -2.45. The Kier molecular flexibility index (Phi) is 5.70. The summed E-state index contributed by atoms with van der Waals surface area (Å²) >= 11 is 6.07. The Morgan fingerprint density at radius 2 is 2.16 bits per heavy atom. The molecule has 0 radical (unpaired) electrons. The number of halogens is 1. The molecule has 4 aromatic rings. The van der Waals surface area contributed by atoms with Crippen molar-refractivity contribution in [3.63, 3.8) is 0 Å². The molecule has 1 fully saturated rings. The van der Waals surface area contributed by atoms with Crippen LogP contribution >= 0.6 is 11.6 Å². The fourth-order valence-electron chi connectivity index (χ4n) is 4.14. The van der Waals surface area contributed by atoms with Gasteiger partial charge in [0.15, 0.2) is 0 Å². The van der Waals surface area contributed by atoms with Crippen LogP contribution in [0.25, 0.3) is 22.2 Å². The number of morpholine rings is 1. The molecule has 1 aromatic carbocycles. The van der Waals surface area contributed by atoms with Gasteiger partial charge in [0.05, 0.1) is 31.1 Å². The third-order valence-corrected chi connectivity index (χ3v) is 6.07. The van der Waals surface area contributed by atoms with Gasteiger partial charge >= 0.3 is 0 Å². The molecule has 164 valence electrons. The molecule has 3 N–H and O–H groups in total. The Hall–Kier alpha value is -3.13. The van der Waals surface area contributed by atoms with Crippen LogP contribution < -0.4 is 16.2 Å². The van der Waals surface area contributed by atoms with Crippen LogP contribution in [0.5, 0.6) is 0 Å². The molecule has 1 aliphatic heterocycles. The number of hydrogen-bond acceptors (Lipinski definition) is 5. The van der Waals surface area contributed by atoms with E-state index in [9.17, 15) is 4.79 Å². The van der Waals surface area contributed by atoms with Crippen molar-refractivity contribution in [1.29, 1.82) is 0 Å². The Balaban J connectivity index is 1.45. The second-order valence-electron chi connectivity index (χ2n) is 7.98. The summed E-state index contributed by atoms with van der Waals surface area (Å²) in [5.41, 5.74) is 10.3. The zero-order valence-corrected chi connectivity index (χ0v) is 18.3. The van der Waals surface area contributed by atoms with Gasteiger partial charge in [-0.25, -0.2) is 4.98 Å². The standard InChI is InChI=1S/C24H24ClN5O2/c25-18-3-1-2-16(8-18)14-30-5-4-17(9-23(30)31)22-13-28-24-21(22)10-19(12-27-24)29-6-7-32-20(11-26)15-29/h1-5,8-10,12-13,20H,6-7,11,14-15,26H2,(H,27,28). The molecule has 7 nitrogen and oxygen atoms in total. The summed E-state index contributed by atoms with van der Waals surface area (Å²) in [6.45, 7) is 3.14. The normalized spacial score (nSPS) is 16.6. The smallest absolute Gasteiger partial charge is 0.251 e. The number of nitrogens with two attached hydrogens (primary N) is 1. The number of aromatic amines is 1. The molecular weight excluding hydrogens is 426 g/mol. The molecule has 0 bridgehead atoms. The van der Waals surface area contributed by atoms with Crippen LogP contribution in [0, 0.1) is 0 Å². The van der Waals surface area contributed by atoms with E-state index in [-0.39, 0.29) is 11.7 Å². The first kappa shape index (κ1) is 20.8. The van der Waals surface area contributed by atoms with Crippen molar-refractivity contribution >= 4 is 28.3 Å². The fraction of sp³-hybridized carbons (Fsp3) is 0.250. The van der Waals surface area contributed by atoms with E-state index in [1.165, 1.54) is 0 Å². The molecule has 0 saturated carbocycles. The predicted octanol–water partition coefficient (Wildman–Crippen LogP) is 3.26. The average molecular weight is 450 g/mol. The van der Waals surface area contributed by atoms with E-state index < -0.39 is 0 Å². The number of ether oxygens (including phenoxy) is 1. The first-order valence-electron chi connectivity index (χ1n) is 10.6. The maximum absolute atomic E-state index is 12.8. The molecule has 5 rings (SSSR count). The van der Waals surface area contributed by atoms with E-state index >= 15 is 0 Å². The van der Waals surface area contributed by atoms with E-state index in [1.807, 2.05) is 48.9 Å². The first-order chi connectivity index (χ1) is 15.6. The van der Waals surface area contributed by atoms with Crippen LogP contribution in [0.15, 0.2) is 65.8 Å². The number of aromatic nitrogens is 3. The molecule has 3 aromatic heterocycles. The summed E-state index contributed by atoms with van der Waals surface area (Å²) in [4.78, 5) is 22.9. The number of benzene rings is 1. The molecule has 0 amide bonds. The van der Waals surface area contributed by atoms with Crippen molar-refractivity contribution in [3.05, 3.63) is 82.0 Å². The Morgan fingerprint density at radius 1 is 1.25 bits per heavy atom. The maximum Gasteiger partial charge on any atom is 0.251 e. The summed E-state index contributed by atoms with van der Waals surface area (Å²) in [5.74, 6) is 0. The van der Waals surface area contributed by atoms with Crippen molar-refractivity contribution in [2.75, 3.05) is 31.1 Å². The van der Waals surface area contributed by atoms with Crippen LogP contribution in [0.1, 0.15) is 5.56 Å². The quantitative estimate of drug-likeness (QED) is 0.488.